The number of hydrogen-bond acceptors (Lipinski definition) is 3. The first-order valence-corrected chi connectivity index (χ1v) is 7.45. The minimum Gasteiger partial charge on any atom is -0.380 e. The Kier molecular flexibility index (Phi) is 3.55. The van der Waals surface area contributed by atoms with Crippen LogP contribution in [0.5, 0.6) is 0 Å². The lowest BCUT2D eigenvalue weighted by molar-refractivity contribution is 0.436. The molecule has 0 aliphatic heterocycles. The molecule has 3 aromatic rings. The van der Waals surface area contributed by atoms with Gasteiger partial charge in [0.05, 0.1) is 5.56 Å². The molecule has 0 unspecified atom stereocenters. The smallest absolute Gasteiger partial charge is 0.176 e. The van der Waals surface area contributed by atoms with Gasteiger partial charge in [0.2, 0.25) is 0 Å². The molecule has 1 heterocycles. The lowest BCUT2D eigenvalue weighted by Crippen LogP contribution is -1.91. The molecule has 0 fully saturated rings. The van der Waals surface area contributed by atoms with Crippen LogP contribution in [-0.4, -0.2) is 5.16 Å². The molecule has 0 spiro atoms. The van der Waals surface area contributed by atoms with Gasteiger partial charge in [-0.05, 0) is 48.7 Å². The summed E-state index contributed by atoms with van der Waals surface area (Å²) in [5, 5.41) is 3.95. The van der Waals surface area contributed by atoms with Crippen molar-refractivity contribution in [2.75, 3.05) is 5.73 Å². The van der Waals surface area contributed by atoms with Crippen molar-refractivity contribution in [1.82, 2.24) is 5.16 Å². The van der Waals surface area contributed by atoms with Crippen molar-refractivity contribution in [2.45, 2.75) is 13.8 Å². The van der Waals surface area contributed by atoms with Gasteiger partial charge in [0, 0.05) is 10.0 Å². The molecule has 0 aliphatic rings. The number of aryl methyl sites for hydroxylation is 2. The van der Waals surface area contributed by atoms with Gasteiger partial charge in [0.25, 0.3) is 0 Å². The van der Waals surface area contributed by atoms with Gasteiger partial charge in [-0.2, -0.15) is 0 Å². The third-order valence-corrected chi connectivity index (χ3v) is 4.44. The Hall–Kier alpha value is -2.07. The summed E-state index contributed by atoms with van der Waals surface area (Å²) in [6.45, 7) is 4.10. The lowest BCUT2D eigenvalue weighted by atomic mass is 9.97. The number of nitrogen functional groups attached to an aromatic ring is 1. The predicted octanol–water partition coefficient (Wildman–Crippen LogP) is 4.97. The van der Waals surface area contributed by atoms with E-state index in [1.165, 1.54) is 0 Å². The van der Waals surface area contributed by atoms with E-state index in [1.54, 1.807) is 0 Å². The van der Waals surface area contributed by atoms with Crippen molar-refractivity contribution >= 4 is 21.7 Å². The van der Waals surface area contributed by atoms with Crippen LogP contribution < -0.4 is 5.73 Å². The lowest BCUT2D eigenvalue weighted by Gasteiger charge is -2.07. The molecule has 0 saturated carbocycles. The molecule has 0 saturated heterocycles. The van der Waals surface area contributed by atoms with Crippen LogP contribution in [0, 0.1) is 13.8 Å². The summed E-state index contributed by atoms with van der Waals surface area (Å²) in [5.41, 5.74) is 11.2. The van der Waals surface area contributed by atoms with E-state index in [0.29, 0.717) is 11.6 Å². The molecule has 0 atom stereocenters. The van der Waals surface area contributed by atoms with Crippen molar-refractivity contribution in [3.63, 3.8) is 0 Å². The number of nitrogens with zero attached hydrogens (tertiary/aromatic N) is 1. The fourth-order valence-electron chi connectivity index (χ4n) is 2.40. The van der Waals surface area contributed by atoms with Crippen LogP contribution in [0.3, 0.4) is 0 Å². The zero-order valence-electron chi connectivity index (χ0n) is 11.9. The molecule has 0 aliphatic carbocycles. The molecule has 2 aromatic carbocycles. The van der Waals surface area contributed by atoms with Crippen molar-refractivity contribution in [3.8, 4) is 22.5 Å². The number of nitrogens with two attached hydrogens (primary N) is 1. The van der Waals surface area contributed by atoms with E-state index >= 15 is 0 Å². The van der Waals surface area contributed by atoms with E-state index in [2.05, 4.69) is 40.1 Å². The zero-order chi connectivity index (χ0) is 15.0. The van der Waals surface area contributed by atoms with E-state index in [9.17, 15) is 0 Å². The maximum atomic E-state index is 6.03. The number of anilines is 1. The van der Waals surface area contributed by atoms with E-state index in [-0.39, 0.29) is 0 Å². The first-order valence-electron chi connectivity index (χ1n) is 6.65. The summed E-state index contributed by atoms with van der Waals surface area (Å²) in [4.78, 5) is 0. The fourth-order valence-corrected chi connectivity index (χ4v) is 2.65. The summed E-state index contributed by atoms with van der Waals surface area (Å²) in [5.74, 6) is 1.12. The molecule has 1 aromatic heterocycles. The molecule has 3 nitrogen and oxygen atoms in total. The second-order valence-electron chi connectivity index (χ2n) is 5.05. The van der Waals surface area contributed by atoms with Crippen molar-refractivity contribution in [3.05, 3.63) is 58.1 Å². The normalized spacial score (nSPS) is 10.8. The molecule has 0 radical (unpaired) electrons. The summed E-state index contributed by atoms with van der Waals surface area (Å²) in [6.07, 6.45) is 0. The van der Waals surface area contributed by atoms with Crippen LogP contribution >= 0.6 is 15.9 Å². The third-order valence-electron chi connectivity index (χ3n) is 3.55. The number of benzene rings is 2. The van der Waals surface area contributed by atoms with E-state index in [4.69, 9.17) is 10.3 Å². The largest absolute Gasteiger partial charge is 0.380 e. The monoisotopic (exact) mass is 342 g/mol. The van der Waals surface area contributed by atoms with Crippen molar-refractivity contribution < 1.29 is 4.52 Å². The van der Waals surface area contributed by atoms with Crippen molar-refractivity contribution in [1.29, 1.82) is 0 Å². The average Bonchev–Trinajstić information content (AvgIpc) is 2.84. The zero-order valence-corrected chi connectivity index (χ0v) is 13.4. The summed E-state index contributed by atoms with van der Waals surface area (Å²) in [6, 6.07) is 14.2. The Bertz CT molecular complexity index is 808. The fraction of sp³-hybridized carbons (Fsp3) is 0.118. The van der Waals surface area contributed by atoms with E-state index in [0.717, 1.165) is 32.3 Å². The minimum atomic E-state index is 0.417. The molecule has 3 rings (SSSR count). The van der Waals surface area contributed by atoms with Gasteiger partial charge in [-0.25, -0.2) is 0 Å². The highest BCUT2D eigenvalue weighted by molar-refractivity contribution is 9.10. The SMILES string of the molecule is Cc1cc(-c2onc(N)c2-c2ccccc2C)ccc1Br. The number of halogens is 1. The number of aromatic nitrogens is 1. The number of rotatable bonds is 2. The number of hydrogen-bond donors (Lipinski definition) is 1. The van der Waals surface area contributed by atoms with Crippen LogP contribution in [0.4, 0.5) is 5.82 Å². The minimum absolute atomic E-state index is 0.417. The van der Waals surface area contributed by atoms with Crippen LogP contribution in [0.2, 0.25) is 0 Å². The molecule has 2 N–H and O–H groups in total. The Morgan fingerprint density at radius 3 is 2.52 bits per heavy atom. The first kappa shape index (κ1) is 13.9. The van der Waals surface area contributed by atoms with Gasteiger partial charge < -0.3 is 10.3 Å². The molecular formula is C17H15BrN2O. The van der Waals surface area contributed by atoms with E-state index in [1.807, 2.05) is 37.3 Å². The highest BCUT2D eigenvalue weighted by Gasteiger charge is 2.19. The highest BCUT2D eigenvalue weighted by Crippen LogP contribution is 2.38. The maximum Gasteiger partial charge on any atom is 0.176 e. The van der Waals surface area contributed by atoms with Crippen LogP contribution in [0.15, 0.2) is 51.5 Å². The van der Waals surface area contributed by atoms with Gasteiger partial charge in [-0.3, -0.25) is 0 Å². The Morgan fingerprint density at radius 1 is 1.05 bits per heavy atom. The van der Waals surface area contributed by atoms with E-state index < -0.39 is 0 Å². The van der Waals surface area contributed by atoms with Crippen LogP contribution in [0.25, 0.3) is 22.5 Å². The second kappa shape index (κ2) is 5.37. The van der Waals surface area contributed by atoms with Gasteiger partial charge in [-0.1, -0.05) is 45.4 Å². The summed E-state index contributed by atoms with van der Waals surface area (Å²) >= 11 is 3.51. The third kappa shape index (κ3) is 2.47. The Balaban J connectivity index is 2.22. The van der Waals surface area contributed by atoms with Gasteiger partial charge in [0.1, 0.15) is 0 Å². The topological polar surface area (TPSA) is 52.0 Å². The van der Waals surface area contributed by atoms with Crippen molar-refractivity contribution in [2.24, 2.45) is 0 Å². The van der Waals surface area contributed by atoms with Gasteiger partial charge >= 0.3 is 0 Å². The van der Waals surface area contributed by atoms with Crippen LogP contribution in [-0.2, 0) is 0 Å². The molecule has 0 amide bonds. The standard InChI is InChI=1S/C17H15BrN2O/c1-10-5-3-4-6-13(10)15-16(21-20-17(15)19)12-7-8-14(18)11(2)9-12/h3-9H,1-2H3,(H2,19,20). The molecule has 106 valence electrons. The van der Waals surface area contributed by atoms with Gasteiger partial charge in [0.15, 0.2) is 11.6 Å². The molecule has 0 bridgehead atoms. The van der Waals surface area contributed by atoms with Gasteiger partial charge in [-0.15, -0.1) is 0 Å². The summed E-state index contributed by atoms with van der Waals surface area (Å²) in [7, 11) is 0. The Morgan fingerprint density at radius 2 is 1.81 bits per heavy atom. The molecule has 21 heavy (non-hydrogen) atoms. The Labute approximate surface area is 131 Å². The first-order chi connectivity index (χ1) is 10.1. The maximum absolute atomic E-state index is 6.03. The summed E-state index contributed by atoms with van der Waals surface area (Å²) < 4.78 is 6.56. The quantitative estimate of drug-likeness (QED) is 0.715. The average molecular weight is 343 g/mol. The van der Waals surface area contributed by atoms with Crippen LogP contribution in [0.1, 0.15) is 11.1 Å². The molecular weight excluding hydrogens is 328 g/mol. The molecule has 4 heteroatoms. The predicted molar refractivity (Wildman–Crippen MR) is 89.0 cm³/mol. The highest BCUT2D eigenvalue weighted by atomic mass is 79.9. The second-order valence-corrected chi connectivity index (χ2v) is 5.91.